The fourth-order valence-electron chi connectivity index (χ4n) is 5.78. The van der Waals surface area contributed by atoms with E-state index >= 15 is 0 Å². The second-order valence-electron chi connectivity index (χ2n) is 9.51. The highest BCUT2D eigenvalue weighted by Gasteiger charge is 2.42. The van der Waals surface area contributed by atoms with Gasteiger partial charge < -0.3 is 19.9 Å². The number of hydrogen-bond donors (Lipinski definition) is 2. The van der Waals surface area contributed by atoms with Crippen LogP contribution in [-0.4, -0.2) is 37.7 Å². The molecule has 0 amide bonds. The van der Waals surface area contributed by atoms with Gasteiger partial charge in [0.15, 0.2) is 5.78 Å². The van der Waals surface area contributed by atoms with Crippen LogP contribution in [0.2, 0.25) is 0 Å². The molecule has 35 heavy (non-hydrogen) atoms. The molecule has 0 saturated carbocycles. The van der Waals surface area contributed by atoms with Crippen molar-refractivity contribution in [2.45, 2.75) is 51.9 Å². The van der Waals surface area contributed by atoms with E-state index < -0.39 is 11.9 Å². The number of ether oxygens (including phenoxy) is 2. The molecule has 0 saturated heterocycles. The van der Waals surface area contributed by atoms with Gasteiger partial charge in [-0.3, -0.25) is 4.79 Å². The van der Waals surface area contributed by atoms with Gasteiger partial charge in [-0.25, -0.2) is 4.79 Å². The molecule has 2 unspecified atom stereocenters. The number of ketones is 1. The second kappa shape index (κ2) is 10.1. The zero-order valence-corrected chi connectivity index (χ0v) is 21.0. The number of dihydropyridines is 1. The fraction of sp³-hybridized carbons (Fsp3) is 0.379. The van der Waals surface area contributed by atoms with E-state index in [0.717, 1.165) is 5.70 Å². The number of esters is 1. The molecule has 2 atom stereocenters. The lowest BCUT2D eigenvalue weighted by Crippen LogP contribution is -2.37. The molecule has 0 fully saturated rings. The van der Waals surface area contributed by atoms with E-state index in [4.69, 9.17) is 9.47 Å². The Labute approximate surface area is 206 Å². The van der Waals surface area contributed by atoms with Crippen LogP contribution in [0, 0.1) is 20.8 Å². The van der Waals surface area contributed by atoms with E-state index in [1.807, 2.05) is 6.07 Å². The number of carbonyl (C=O) groups excluding carboxylic acids is 2. The maximum atomic E-state index is 13.8. The number of allylic oxidation sites excluding steroid dienone is 2. The summed E-state index contributed by atoms with van der Waals surface area (Å²) in [7, 11) is 2.95. The van der Waals surface area contributed by atoms with Gasteiger partial charge in [-0.1, -0.05) is 29.8 Å². The van der Waals surface area contributed by atoms with E-state index in [2.05, 4.69) is 38.2 Å². The molecular formula is C29H33NO5. The largest absolute Gasteiger partial charge is 0.508 e. The highest BCUT2D eigenvalue weighted by Crippen LogP contribution is 2.47. The van der Waals surface area contributed by atoms with Crippen LogP contribution >= 0.6 is 0 Å². The molecule has 6 heteroatoms. The molecule has 2 N–H and O–H groups in total. The number of rotatable bonds is 6. The van der Waals surface area contributed by atoms with E-state index in [1.165, 1.54) is 29.4 Å². The van der Waals surface area contributed by atoms with Crippen molar-refractivity contribution in [3.8, 4) is 5.75 Å². The van der Waals surface area contributed by atoms with Gasteiger partial charge in [-0.05, 0) is 67.5 Å². The zero-order chi connectivity index (χ0) is 25.3. The van der Waals surface area contributed by atoms with E-state index in [-0.39, 0.29) is 17.5 Å². The Morgan fingerprint density at radius 3 is 2.43 bits per heavy atom. The number of phenolic OH excluding ortho intramolecular Hbond substituents is 1. The molecule has 6 nitrogen and oxygen atoms in total. The van der Waals surface area contributed by atoms with Gasteiger partial charge >= 0.3 is 5.97 Å². The predicted molar refractivity (Wildman–Crippen MR) is 134 cm³/mol. The number of aromatic hydroxyl groups is 1. The molecule has 0 bridgehead atoms. The molecule has 1 aliphatic carbocycles. The van der Waals surface area contributed by atoms with Gasteiger partial charge in [0.05, 0.1) is 19.3 Å². The lowest BCUT2D eigenvalue weighted by atomic mass is 9.70. The van der Waals surface area contributed by atoms with Crippen LogP contribution in [0.1, 0.15) is 58.9 Å². The first-order valence-electron chi connectivity index (χ1n) is 11.9. The smallest absolute Gasteiger partial charge is 0.336 e. The summed E-state index contributed by atoms with van der Waals surface area (Å²) in [5.74, 6) is -0.987. The standard InChI is InChI=1S/C29H33NO5/c1-16-11-17(2)25(18(3)12-16)20-14-23-27(24(32)15-20)26(19-7-6-8-21(31)13-19)28(29(33)35-5)22(30-23)9-10-34-4/h6-8,11-13,20,26,30-31H,9-10,14-15H2,1-5H3. The number of carbonyl (C=O) groups is 2. The lowest BCUT2D eigenvalue weighted by molar-refractivity contribution is -0.136. The molecular weight excluding hydrogens is 442 g/mol. The number of hydrogen-bond acceptors (Lipinski definition) is 6. The van der Waals surface area contributed by atoms with Gasteiger partial charge in [0.25, 0.3) is 0 Å². The maximum Gasteiger partial charge on any atom is 0.336 e. The monoisotopic (exact) mass is 475 g/mol. The van der Waals surface area contributed by atoms with E-state index in [1.54, 1.807) is 25.3 Å². The summed E-state index contributed by atoms with van der Waals surface area (Å²) in [5.41, 5.74) is 7.98. The number of Topliss-reactive ketones (excluding diaryl/α,β-unsaturated/α-hetero) is 1. The first-order valence-corrected chi connectivity index (χ1v) is 11.9. The number of phenols is 1. The normalized spacial score (nSPS) is 20.0. The van der Waals surface area contributed by atoms with Crippen molar-refractivity contribution in [1.29, 1.82) is 0 Å². The van der Waals surface area contributed by atoms with Crippen molar-refractivity contribution >= 4 is 11.8 Å². The number of benzene rings is 2. The SMILES string of the molecule is COCCC1=C(C(=O)OC)C(c2cccc(O)c2)C2=C(CC(c3c(C)cc(C)cc3C)CC2=O)N1. The molecule has 0 radical (unpaired) electrons. The molecule has 1 aliphatic heterocycles. The molecule has 4 rings (SSSR count). The Balaban J connectivity index is 1.86. The topological polar surface area (TPSA) is 84.9 Å². The third-order valence-electron chi connectivity index (χ3n) is 7.02. The third-order valence-corrected chi connectivity index (χ3v) is 7.02. The van der Waals surface area contributed by atoms with Crippen LogP contribution < -0.4 is 5.32 Å². The minimum atomic E-state index is -0.619. The summed E-state index contributed by atoms with van der Waals surface area (Å²) in [4.78, 5) is 26.8. The Morgan fingerprint density at radius 2 is 1.80 bits per heavy atom. The maximum absolute atomic E-state index is 13.8. The van der Waals surface area contributed by atoms with Crippen LogP contribution in [0.5, 0.6) is 5.75 Å². The summed E-state index contributed by atoms with van der Waals surface area (Å²) in [6.07, 6.45) is 1.49. The summed E-state index contributed by atoms with van der Waals surface area (Å²) >= 11 is 0. The molecule has 0 spiro atoms. The Hall–Kier alpha value is -3.38. The third kappa shape index (κ3) is 4.76. The minimum Gasteiger partial charge on any atom is -0.508 e. The molecule has 2 aromatic rings. The summed E-state index contributed by atoms with van der Waals surface area (Å²) in [6, 6.07) is 11.1. The highest BCUT2D eigenvalue weighted by molar-refractivity contribution is 6.04. The van der Waals surface area contributed by atoms with Crippen molar-refractivity contribution in [3.05, 3.63) is 86.8 Å². The van der Waals surface area contributed by atoms with Gasteiger partial charge in [-0.2, -0.15) is 0 Å². The van der Waals surface area contributed by atoms with Crippen LogP contribution in [-0.2, 0) is 19.1 Å². The molecule has 184 valence electrons. The Bertz CT molecular complexity index is 1220. The molecule has 2 aliphatic rings. The van der Waals surface area contributed by atoms with Gasteiger partial charge in [0.1, 0.15) is 5.75 Å². The number of methoxy groups -OCH3 is 2. The average molecular weight is 476 g/mol. The van der Waals surface area contributed by atoms with E-state index in [0.29, 0.717) is 48.3 Å². The van der Waals surface area contributed by atoms with Gasteiger partial charge in [-0.15, -0.1) is 0 Å². The quantitative estimate of drug-likeness (QED) is 0.580. The number of aryl methyl sites for hydroxylation is 3. The molecule has 1 heterocycles. The zero-order valence-electron chi connectivity index (χ0n) is 21.0. The van der Waals surface area contributed by atoms with Crippen molar-refractivity contribution in [2.75, 3.05) is 20.8 Å². The Kier molecular flexibility index (Phi) is 7.13. The summed E-state index contributed by atoms with van der Waals surface area (Å²) < 4.78 is 10.5. The number of nitrogens with one attached hydrogen (secondary N) is 1. The highest BCUT2D eigenvalue weighted by atomic mass is 16.5. The summed E-state index contributed by atoms with van der Waals surface area (Å²) in [6.45, 7) is 6.70. The second-order valence-corrected chi connectivity index (χ2v) is 9.51. The fourth-order valence-corrected chi connectivity index (χ4v) is 5.78. The summed E-state index contributed by atoms with van der Waals surface area (Å²) in [5, 5.41) is 13.6. The average Bonchev–Trinajstić information content (AvgIpc) is 2.80. The lowest BCUT2D eigenvalue weighted by Gasteiger charge is -2.38. The Morgan fingerprint density at radius 1 is 1.09 bits per heavy atom. The van der Waals surface area contributed by atoms with Crippen LogP contribution in [0.3, 0.4) is 0 Å². The van der Waals surface area contributed by atoms with Crippen LogP contribution in [0.4, 0.5) is 0 Å². The van der Waals surface area contributed by atoms with Crippen LogP contribution in [0.15, 0.2) is 58.9 Å². The van der Waals surface area contributed by atoms with Crippen LogP contribution in [0.25, 0.3) is 0 Å². The first kappa shape index (κ1) is 24.7. The van der Waals surface area contributed by atoms with Crippen molar-refractivity contribution in [2.24, 2.45) is 0 Å². The van der Waals surface area contributed by atoms with Crippen molar-refractivity contribution in [3.63, 3.8) is 0 Å². The van der Waals surface area contributed by atoms with Gasteiger partial charge in [0, 0.05) is 42.8 Å². The van der Waals surface area contributed by atoms with Gasteiger partial charge in [0.2, 0.25) is 0 Å². The van der Waals surface area contributed by atoms with Crippen molar-refractivity contribution < 1.29 is 24.2 Å². The van der Waals surface area contributed by atoms with Crippen molar-refractivity contribution in [1.82, 2.24) is 5.32 Å². The first-order chi connectivity index (χ1) is 16.7. The molecule has 0 aromatic heterocycles. The molecule has 2 aromatic carbocycles. The predicted octanol–water partition coefficient (Wildman–Crippen LogP) is 4.87. The van der Waals surface area contributed by atoms with E-state index in [9.17, 15) is 14.7 Å². The minimum absolute atomic E-state index is 0.00339.